The van der Waals surface area contributed by atoms with Gasteiger partial charge in [0, 0.05) is 19.2 Å². The van der Waals surface area contributed by atoms with Crippen molar-refractivity contribution in [1.82, 2.24) is 10.2 Å². The molecule has 0 aliphatic carbocycles. The van der Waals surface area contributed by atoms with Crippen LogP contribution in [-0.4, -0.2) is 44.8 Å². The van der Waals surface area contributed by atoms with Crippen molar-refractivity contribution in [1.29, 1.82) is 0 Å². The van der Waals surface area contributed by atoms with Crippen molar-refractivity contribution in [3.63, 3.8) is 0 Å². The van der Waals surface area contributed by atoms with Crippen molar-refractivity contribution < 1.29 is 19.8 Å². The molecule has 1 aliphatic rings. The van der Waals surface area contributed by atoms with Gasteiger partial charge in [-0.1, -0.05) is 0 Å². The highest BCUT2D eigenvalue weighted by Gasteiger charge is 2.43. The smallest absolute Gasteiger partial charge is 0.335 e. The number of rotatable bonds is 4. The van der Waals surface area contributed by atoms with E-state index in [9.17, 15) is 14.7 Å². The first-order valence-corrected chi connectivity index (χ1v) is 5.82. The summed E-state index contributed by atoms with van der Waals surface area (Å²) in [4.78, 5) is 23.7. The van der Waals surface area contributed by atoms with Gasteiger partial charge in [0.1, 0.15) is 0 Å². The summed E-state index contributed by atoms with van der Waals surface area (Å²) in [7, 11) is 1.66. The van der Waals surface area contributed by atoms with E-state index in [1.54, 1.807) is 25.8 Å². The summed E-state index contributed by atoms with van der Waals surface area (Å²) in [6.45, 7) is 3.32. The van der Waals surface area contributed by atoms with Gasteiger partial charge < -0.3 is 20.4 Å². The number of carboxylic acids is 2. The summed E-state index contributed by atoms with van der Waals surface area (Å²) in [5.74, 6) is -2.03. The molecule has 0 fully saturated rings. The van der Waals surface area contributed by atoms with Gasteiger partial charge in [-0.25, -0.2) is 4.79 Å². The van der Waals surface area contributed by atoms with Crippen molar-refractivity contribution in [2.45, 2.75) is 32.2 Å². The molecule has 0 spiro atoms. The number of nitrogens with zero attached hydrogens (tertiary/aromatic N) is 1. The highest BCUT2D eigenvalue weighted by molar-refractivity contribution is 7.80. The molecule has 0 saturated carbocycles. The molecule has 1 heterocycles. The lowest BCUT2D eigenvalue weighted by Gasteiger charge is -2.45. The monoisotopic (exact) mass is 272 g/mol. The summed E-state index contributed by atoms with van der Waals surface area (Å²) in [5.41, 5.74) is -0.310. The van der Waals surface area contributed by atoms with Gasteiger partial charge in [0.2, 0.25) is 0 Å². The second-order valence-electron chi connectivity index (χ2n) is 4.46. The Bertz CT molecular complexity index is 446. The van der Waals surface area contributed by atoms with Crippen LogP contribution in [0.1, 0.15) is 26.7 Å². The third-order valence-corrected chi connectivity index (χ3v) is 3.67. The lowest BCUT2D eigenvalue weighted by atomic mass is 9.83. The zero-order valence-corrected chi connectivity index (χ0v) is 11.3. The number of nitrogens with one attached hydrogen (secondary N) is 1. The Morgan fingerprint density at radius 2 is 2.00 bits per heavy atom. The first-order chi connectivity index (χ1) is 8.20. The Morgan fingerprint density at radius 3 is 2.44 bits per heavy atom. The molecule has 0 aromatic carbocycles. The molecule has 0 radical (unpaired) electrons. The molecule has 0 aromatic heterocycles. The van der Waals surface area contributed by atoms with E-state index in [4.69, 9.17) is 17.3 Å². The van der Waals surface area contributed by atoms with Crippen molar-refractivity contribution >= 4 is 29.3 Å². The van der Waals surface area contributed by atoms with Crippen LogP contribution >= 0.6 is 12.2 Å². The minimum atomic E-state index is -1.07. The molecular formula is C11H16N2O4S. The molecule has 1 atom stereocenters. The molecule has 100 valence electrons. The van der Waals surface area contributed by atoms with Crippen LogP contribution in [0, 0.1) is 0 Å². The number of hydrogen-bond donors (Lipinski definition) is 3. The fourth-order valence-electron chi connectivity index (χ4n) is 2.14. The SMILES string of the molecule is CC1=C(C(=O)O)C(C)(CCC(=O)O)N(C)C(=S)N1. The first kappa shape index (κ1) is 14.4. The predicted molar refractivity (Wildman–Crippen MR) is 69.1 cm³/mol. The summed E-state index contributed by atoms with van der Waals surface area (Å²) in [6, 6.07) is 0. The molecule has 1 rings (SSSR count). The highest BCUT2D eigenvalue weighted by atomic mass is 32.1. The van der Waals surface area contributed by atoms with Crippen molar-refractivity contribution in [3.8, 4) is 0 Å². The molecule has 0 aromatic rings. The molecule has 0 amide bonds. The fourth-order valence-corrected chi connectivity index (χ4v) is 2.49. The van der Waals surface area contributed by atoms with Gasteiger partial charge in [-0.15, -0.1) is 0 Å². The third-order valence-electron chi connectivity index (χ3n) is 3.29. The Balaban J connectivity index is 3.22. The van der Waals surface area contributed by atoms with Gasteiger partial charge >= 0.3 is 11.9 Å². The second kappa shape index (κ2) is 4.93. The summed E-state index contributed by atoms with van der Waals surface area (Å²) in [6.07, 6.45) is 0.0626. The molecule has 6 nitrogen and oxygen atoms in total. The van der Waals surface area contributed by atoms with Crippen LogP contribution in [0.25, 0.3) is 0 Å². The van der Waals surface area contributed by atoms with Gasteiger partial charge in [0.15, 0.2) is 5.11 Å². The minimum Gasteiger partial charge on any atom is -0.481 e. The molecule has 3 N–H and O–H groups in total. The quantitative estimate of drug-likeness (QED) is 0.652. The maximum absolute atomic E-state index is 11.4. The van der Waals surface area contributed by atoms with Crippen LogP contribution in [0.4, 0.5) is 0 Å². The van der Waals surface area contributed by atoms with Crippen LogP contribution in [0.5, 0.6) is 0 Å². The number of carbonyl (C=O) groups is 2. The highest BCUT2D eigenvalue weighted by Crippen LogP contribution is 2.33. The van der Waals surface area contributed by atoms with Crippen LogP contribution in [0.3, 0.4) is 0 Å². The number of aliphatic carboxylic acids is 2. The van der Waals surface area contributed by atoms with Gasteiger partial charge in [-0.2, -0.15) is 0 Å². The molecular weight excluding hydrogens is 256 g/mol. The average molecular weight is 272 g/mol. The fraction of sp³-hybridized carbons (Fsp3) is 0.545. The first-order valence-electron chi connectivity index (χ1n) is 5.41. The van der Waals surface area contributed by atoms with Crippen molar-refractivity contribution in [3.05, 3.63) is 11.3 Å². The third kappa shape index (κ3) is 2.45. The zero-order chi connectivity index (χ0) is 14.1. The van der Waals surface area contributed by atoms with Gasteiger partial charge in [0.05, 0.1) is 11.1 Å². The van der Waals surface area contributed by atoms with E-state index in [0.717, 1.165) is 0 Å². The standard InChI is InChI=1S/C11H16N2O4S/c1-6-8(9(16)17)11(2,5-4-7(14)15)13(3)10(18)12-6/h4-5H2,1-3H3,(H,12,18)(H,14,15)(H,16,17). The van der Waals surface area contributed by atoms with Gasteiger partial charge in [0.25, 0.3) is 0 Å². The Kier molecular flexibility index (Phi) is 3.95. The number of carboxylic acid groups (broad SMARTS) is 2. The van der Waals surface area contributed by atoms with Crippen molar-refractivity contribution in [2.75, 3.05) is 7.05 Å². The lowest BCUT2D eigenvalue weighted by molar-refractivity contribution is -0.138. The molecule has 7 heteroatoms. The summed E-state index contributed by atoms with van der Waals surface area (Å²) >= 11 is 5.11. The van der Waals surface area contributed by atoms with E-state index >= 15 is 0 Å². The van der Waals surface area contributed by atoms with E-state index in [1.807, 2.05) is 0 Å². The average Bonchev–Trinajstić information content (AvgIpc) is 2.23. The lowest BCUT2D eigenvalue weighted by Crippen LogP contribution is -2.58. The Hall–Kier alpha value is -1.63. The van der Waals surface area contributed by atoms with Gasteiger partial charge in [-0.05, 0) is 32.5 Å². The number of allylic oxidation sites excluding steroid dienone is 1. The Morgan fingerprint density at radius 1 is 1.44 bits per heavy atom. The topological polar surface area (TPSA) is 89.9 Å². The number of likely N-dealkylation sites (N-methyl/N-ethyl adjacent to an activating group) is 1. The summed E-state index contributed by atoms with van der Waals surface area (Å²) < 4.78 is 0. The van der Waals surface area contributed by atoms with Crippen LogP contribution in [-0.2, 0) is 9.59 Å². The maximum Gasteiger partial charge on any atom is 0.335 e. The molecule has 18 heavy (non-hydrogen) atoms. The van der Waals surface area contributed by atoms with E-state index in [2.05, 4.69) is 5.32 Å². The number of thiocarbonyl (C=S) groups is 1. The summed E-state index contributed by atoms with van der Waals surface area (Å²) in [5, 5.41) is 21.3. The molecule has 0 bridgehead atoms. The van der Waals surface area contributed by atoms with Crippen LogP contribution in [0.15, 0.2) is 11.3 Å². The number of hydrogen-bond acceptors (Lipinski definition) is 3. The van der Waals surface area contributed by atoms with E-state index in [1.165, 1.54) is 0 Å². The zero-order valence-electron chi connectivity index (χ0n) is 10.5. The van der Waals surface area contributed by atoms with Crippen molar-refractivity contribution in [2.24, 2.45) is 0 Å². The van der Waals surface area contributed by atoms with Crippen LogP contribution in [0.2, 0.25) is 0 Å². The molecule has 0 saturated heterocycles. The predicted octanol–water partition coefficient (Wildman–Crippen LogP) is 0.788. The van der Waals surface area contributed by atoms with Crippen LogP contribution < -0.4 is 5.32 Å². The van der Waals surface area contributed by atoms with E-state index in [0.29, 0.717) is 10.8 Å². The molecule has 1 unspecified atom stereocenters. The normalized spacial score (nSPS) is 23.9. The largest absolute Gasteiger partial charge is 0.481 e. The Labute approximate surface area is 110 Å². The van der Waals surface area contributed by atoms with Gasteiger partial charge in [-0.3, -0.25) is 4.79 Å². The maximum atomic E-state index is 11.4. The minimum absolute atomic E-state index is 0.118. The van der Waals surface area contributed by atoms with E-state index < -0.39 is 17.5 Å². The van der Waals surface area contributed by atoms with E-state index in [-0.39, 0.29) is 18.4 Å². The molecule has 1 aliphatic heterocycles. The second-order valence-corrected chi connectivity index (χ2v) is 4.85.